The van der Waals surface area contributed by atoms with E-state index in [1.54, 1.807) is 25.1 Å². The highest BCUT2D eigenvalue weighted by atomic mass is 35.5. The predicted molar refractivity (Wildman–Crippen MR) is 149 cm³/mol. The number of hydrogen-bond donors (Lipinski definition) is 2. The number of thiophene rings is 1. The number of hydrogen-bond acceptors (Lipinski definition) is 6. The lowest BCUT2D eigenvalue weighted by Crippen LogP contribution is -2.31. The van der Waals surface area contributed by atoms with Crippen LogP contribution in [0.15, 0.2) is 82.3 Å². The third kappa shape index (κ3) is 5.71. The fraction of sp³-hybridized carbons (Fsp3) is 0.185. The molecule has 2 unspecified atom stereocenters. The maximum atomic E-state index is 13.4. The molecular formula is C27H23ClN4O2S2. The number of carbonyl (C=O) groups excluding carboxylic acids is 2. The summed E-state index contributed by atoms with van der Waals surface area (Å²) in [6.45, 7) is 3.61. The number of nitrogens with zero attached hydrogens (tertiary/aromatic N) is 2. The molecule has 1 aliphatic rings. The van der Waals surface area contributed by atoms with Crippen LogP contribution in [-0.4, -0.2) is 22.6 Å². The Morgan fingerprint density at radius 2 is 1.86 bits per heavy atom. The van der Waals surface area contributed by atoms with Gasteiger partial charge >= 0.3 is 0 Å². The van der Waals surface area contributed by atoms with Crippen LogP contribution in [0.3, 0.4) is 0 Å². The molecule has 4 rings (SSSR count). The highest BCUT2D eigenvalue weighted by Crippen LogP contribution is 2.43. The minimum absolute atomic E-state index is 0.0684. The zero-order chi connectivity index (χ0) is 25.7. The highest BCUT2D eigenvalue weighted by Gasteiger charge is 2.39. The zero-order valence-corrected chi connectivity index (χ0v) is 22.0. The van der Waals surface area contributed by atoms with Gasteiger partial charge in [0, 0.05) is 38.5 Å². The van der Waals surface area contributed by atoms with Crippen LogP contribution in [0.1, 0.15) is 23.3 Å². The maximum Gasteiger partial charge on any atom is 0.254 e. The third-order valence-electron chi connectivity index (χ3n) is 5.74. The topological polar surface area (TPSA) is 94.4 Å². The Morgan fingerprint density at radius 3 is 2.56 bits per heavy atom. The van der Waals surface area contributed by atoms with Crippen molar-refractivity contribution in [3.8, 4) is 6.07 Å². The summed E-state index contributed by atoms with van der Waals surface area (Å²) in [7, 11) is 0. The molecule has 0 radical (unpaired) electrons. The number of amides is 2. The van der Waals surface area contributed by atoms with E-state index in [1.807, 2.05) is 54.8 Å². The summed E-state index contributed by atoms with van der Waals surface area (Å²) in [5.74, 6) is -1.64. The van der Waals surface area contributed by atoms with Gasteiger partial charge in [0.2, 0.25) is 5.91 Å². The van der Waals surface area contributed by atoms with E-state index in [-0.39, 0.29) is 17.6 Å². The molecule has 36 heavy (non-hydrogen) atoms. The number of thioether (sulfide) groups is 1. The van der Waals surface area contributed by atoms with Crippen LogP contribution in [0.5, 0.6) is 0 Å². The number of nitriles is 1. The number of benzene rings is 2. The van der Waals surface area contributed by atoms with Gasteiger partial charge in [-0.05, 0) is 55.1 Å². The first-order valence-electron chi connectivity index (χ1n) is 11.2. The number of aliphatic imine (C=N–C) groups is 1. The molecule has 1 aromatic heterocycles. The summed E-state index contributed by atoms with van der Waals surface area (Å²) < 4.78 is 0. The zero-order valence-electron chi connectivity index (χ0n) is 19.6. The average molecular weight is 535 g/mol. The van der Waals surface area contributed by atoms with Crippen LogP contribution < -0.4 is 10.6 Å². The van der Waals surface area contributed by atoms with Gasteiger partial charge in [0.05, 0.1) is 16.9 Å². The number of nitrogens with one attached hydrogen (secondary N) is 2. The van der Waals surface area contributed by atoms with Crippen molar-refractivity contribution in [1.82, 2.24) is 0 Å². The molecule has 0 saturated heterocycles. The van der Waals surface area contributed by atoms with E-state index < -0.39 is 11.8 Å². The van der Waals surface area contributed by atoms with E-state index >= 15 is 0 Å². The monoisotopic (exact) mass is 534 g/mol. The summed E-state index contributed by atoms with van der Waals surface area (Å²) in [6.07, 6.45) is 0. The van der Waals surface area contributed by atoms with E-state index in [9.17, 15) is 14.9 Å². The maximum absolute atomic E-state index is 13.4. The summed E-state index contributed by atoms with van der Waals surface area (Å²) in [5, 5.41) is 19.0. The van der Waals surface area contributed by atoms with Gasteiger partial charge in [0.1, 0.15) is 5.92 Å². The van der Waals surface area contributed by atoms with Gasteiger partial charge in [-0.2, -0.15) is 5.26 Å². The Hall–Kier alpha value is -3.38. The second-order valence-electron chi connectivity index (χ2n) is 8.12. The fourth-order valence-electron chi connectivity index (χ4n) is 3.95. The Morgan fingerprint density at radius 1 is 1.08 bits per heavy atom. The molecular weight excluding hydrogens is 512 g/mol. The van der Waals surface area contributed by atoms with Crippen molar-refractivity contribution >= 4 is 62.9 Å². The summed E-state index contributed by atoms with van der Waals surface area (Å²) in [4.78, 5) is 31.6. The van der Waals surface area contributed by atoms with Crippen LogP contribution in [0.2, 0.25) is 5.02 Å². The minimum atomic E-state index is -0.699. The normalized spacial score (nSPS) is 17.2. The van der Waals surface area contributed by atoms with Gasteiger partial charge in [0.25, 0.3) is 5.91 Å². The van der Waals surface area contributed by atoms with E-state index in [0.717, 1.165) is 10.4 Å². The molecule has 2 heterocycles. The molecule has 2 aromatic carbocycles. The molecule has 2 N–H and O–H groups in total. The molecule has 0 aliphatic carbocycles. The van der Waals surface area contributed by atoms with Crippen molar-refractivity contribution in [2.45, 2.75) is 19.8 Å². The largest absolute Gasteiger partial charge is 0.325 e. The van der Waals surface area contributed by atoms with Crippen molar-refractivity contribution in [2.24, 2.45) is 10.9 Å². The Balaban J connectivity index is 1.59. The lowest BCUT2D eigenvalue weighted by Gasteiger charge is -2.29. The van der Waals surface area contributed by atoms with Gasteiger partial charge in [-0.15, -0.1) is 11.3 Å². The van der Waals surface area contributed by atoms with Crippen molar-refractivity contribution in [3.63, 3.8) is 0 Å². The van der Waals surface area contributed by atoms with Crippen molar-refractivity contribution in [2.75, 3.05) is 16.4 Å². The van der Waals surface area contributed by atoms with Crippen LogP contribution in [-0.2, 0) is 9.59 Å². The first-order chi connectivity index (χ1) is 17.4. The van der Waals surface area contributed by atoms with Crippen molar-refractivity contribution < 1.29 is 9.59 Å². The van der Waals surface area contributed by atoms with Gasteiger partial charge in [-0.1, -0.05) is 53.7 Å². The van der Waals surface area contributed by atoms with Crippen LogP contribution in [0.4, 0.5) is 11.4 Å². The molecule has 6 nitrogen and oxygen atoms in total. The summed E-state index contributed by atoms with van der Waals surface area (Å²) in [5.41, 5.74) is 3.08. The third-order valence-corrected chi connectivity index (χ3v) is 8.15. The number of allylic oxidation sites excluding steroid dienone is 1. The predicted octanol–water partition coefficient (Wildman–Crippen LogP) is 6.63. The molecule has 3 aromatic rings. The standard InChI is InChI=1S/C27H23ClN4O2S2/c1-16-20(28)10-6-11-21(16)32-23(33)15-36-27-19(14-29)25(22-12-7-13-35-22)24(17(2)30-27)26(34)31-18-8-4-3-5-9-18/h3-13,19,25H,15H2,1-2H3,(H,31,34)(H,32,33). The van der Waals surface area contributed by atoms with Gasteiger partial charge < -0.3 is 10.6 Å². The van der Waals surface area contributed by atoms with E-state index in [0.29, 0.717) is 32.7 Å². The quantitative estimate of drug-likeness (QED) is 0.371. The summed E-state index contributed by atoms with van der Waals surface area (Å²) >= 11 is 8.86. The second-order valence-corrected chi connectivity index (χ2v) is 10.5. The molecule has 9 heteroatoms. The van der Waals surface area contributed by atoms with E-state index in [1.165, 1.54) is 23.1 Å². The highest BCUT2D eigenvalue weighted by molar-refractivity contribution is 8.14. The molecule has 1 aliphatic heterocycles. The van der Waals surface area contributed by atoms with Gasteiger partial charge in [-0.25, -0.2) is 4.99 Å². The number of para-hydroxylation sites is 1. The summed E-state index contributed by atoms with van der Waals surface area (Å²) in [6, 6.07) is 20.7. The number of anilines is 2. The molecule has 0 fully saturated rings. The number of rotatable bonds is 6. The molecule has 0 spiro atoms. The average Bonchev–Trinajstić information content (AvgIpc) is 3.40. The number of halogens is 1. The molecule has 0 bridgehead atoms. The lowest BCUT2D eigenvalue weighted by atomic mass is 9.82. The fourth-order valence-corrected chi connectivity index (χ4v) is 5.92. The Kier molecular flexibility index (Phi) is 8.26. The van der Waals surface area contributed by atoms with Gasteiger partial charge in [-0.3, -0.25) is 9.59 Å². The van der Waals surface area contributed by atoms with Gasteiger partial charge in [0.15, 0.2) is 0 Å². The smallest absolute Gasteiger partial charge is 0.254 e. The van der Waals surface area contributed by atoms with Crippen molar-refractivity contribution in [3.05, 3.63) is 92.8 Å². The number of carbonyl (C=O) groups is 2. The SMILES string of the molecule is CC1=C(C(=O)Nc2ccccc2)C(c2cccs2)C(C#N)C(SCC(=O)Nc2cccc(Cl)c2C)=N1. The Labute approximate surface area is 223 Å². The second kappa shape index (κ2) is 11.6. The molecule has 0 saturated carbocycles. The molecule has 182 valence electrons. The lowest BCUT2D eigenvalue weighted by molar-refractivity contribution is -0.114. The van der Waals surface area contributed by atoms with Crippen molar-refractivity contribution in [1.29, 1.82) is 5.26 Å². The van der Waals surface area contributed by atoms with Crippen LogP contribution in [0, 0.1) is 24.2 Å². The van der Waals surface area contributed by atoms with E-state index in [4.69, 9.17) is 11.6 Å². The van der Waals surface area contributed by atoms with Crippen LogP contribution >= 0.6 is 34.7 Å². The molecule has 2 atom stereocenters. The Bertz CT molecular complexity index is 1380. The van der Waals surface area contributed by atoms with Crippen LogP contribution in [0.25, 0.3) is 0 Å². The minimum Gasteiger partial charge on any atom is -0.325 e. The first-order valence-corrected chi connectivity index (χ1v) is 13.4. The molecule has 2 amide bonds. The first kappa shape index (κ1) is 25.7. The van der Waals surface area contributed by atoms with E-state index in [2.05, 4.69) is 21.7 Å².